The molecule has 0 spiro atoms. The number of anilines is 1. The molecule has 0 radical (unpaired) electrons. The Balaban J connectivity index is 1.73. The van der Waals surface area contributed by atoms with E-state index < -0.39 is 0 Å². The lowest BCUT2D eigenvalue weighted by Crippen LogP contribution is -2.14. The number of aromatic nitrogens is 4. The Labute approximate surface area is 146 Å². The molecule has 2 N–H and O–H groups in total. The number of pyridine rings is 1. The molecule has 0 aliphatic heterocycles. The Morgan fingerprint density at radius 3 is 2.72 bits per heavy atom. The van der Waals surface area contributed by atoms with Crippen LogP contribution in [0.4, 0.5) is 5.69 Å². The third-order valence-electron chi connectivity index (χ3n) is 3.55. The van der Waals surface area contributed by atoms with Crippen molar-refractivity contribution in [2.75, 3.05) is 5.73 Å². The van der Waals surface area contributed by atoms with Crippen LogP contribution in [0.2, 0.25) is 0 Å². The molecule has 0 saturated heterocycles. The summed E-state index contributed by atoms with van der Waals surface area (Å²) in [4.78, 5) is 21.4. The molecule has 7 heteroatoms. The molecule has 0 bridgehead atoms. The van der Waals surface area contributed by atoms with Gasteiger partial charge < -0.3 is 5.73 Å². The van der Waals surface area contributed by atoms with Gasteiger partial charge in [0.05, 0.1) is 5.69 Å². The predicted octanol–water partition coefficient (Wildman–Crippen LogP) is 2.97. The lowest BCUT2D eigenvalue weighted by molar-refractivity contribution is 0.901. The van der Waals surface area contributed by atoms with E-state index in [0.717, 1.165) is 16.1 Å². The molecule has 1 aromatic carbocycles. The van der Waals surface area contributed by atoms with Crippen LogP contribution in [0.25, 0.3) is 27.7 Å². The Morgan fingerprint density at radius 1 is 1.12 bits per heavy atom. The SMILES string of the molecule is Nc1ccc(-c2nn3c(=O)cc(C=Cc4cccnc4)nc3s2)cc1. The molecule has 3 aromatic heterocycles. The van der Waals surface area contributed by atoms with Crippen molar-refractivity contribution in [3.63, 3.8) is 0 Å². The highest BCUT2D eigenvalue weighted by molar-refractivity contribution is 7.19. The fraction of sp³-hybridized carbons (Fsp3) is 0. The highest BCUT2D eigenvalue weighted by Crippen LogP contribution is 2.25. The van der Waals surface area contributed by atoms with E-state index in [1.165, 1.54) is 21.9 Å². The first-order chi connectivity index (χ1) is 12.2. The lowest BCUT2D eigenvalue weighted by Gasteiger charge is -1.95. The number of benzene rings is 1. The van der Waals surface area contributed by atoms with E-state index >= 15 is 0 Å². The molecule has 0 unspecified atom stereocenters. The van der Waals surface area contributed by atoms with Gasteiger partial charge in [0, 0.05) is 29.7 Å². The van der Waals surface area contributed by atoms with Gasteiger partial charge in [0.15, 0.2) is 0 Å². The maximum atomic E-state index is 12.3. The van der Waals surface area contributed by atoms with Crippen molar-refractivity contribution in [3.05, 3.63) is 76.5 Å². The summed E-state index contributed by atoms with van der Waals surface area (Å²) in [5, 5.41) is 5.08. The molecule has 0 amide bonds. The lowest BCUT2D eigenvalue weighted by atomic mass is 10.2. The molecular formula is C18H13N5OS. The summed E-state index contributed by atoms with van der Waals surface area (Å²) in [6.45, 7) is 0. The van der Waals surface area contributed by atoms with E-state index in [-0.39, 0.29) is 5.56 Å². The Kier molecular flexibility index (Phi) is 3.83. The van der Waals surface area contributed by atoms with E-state index in [9.17, 15) is 4.79 Å². The second kappa shape index (κ2) is 6.29. The largest absolute Gasteiger partial charge is 0.399 e. The maximum absolute atomic E-state index is 12.3. The second-order valence-electron chi connectivity index (χ2n) is 5.36. The van der Waals surface area contributed by atoms with E-state index in [4.69, 9.17) is 5.73 Å². The Hall–Kier alpha value is -3.32. The molecule has 0 fully saturated rings. The van der Waals surface area contributed by atoms with Gasteiger partial charge in [0.1, 0.15) is 5.01 Å². The van der Waals surface area contributed by atoms with Crippen LogP contribution in [0.5, 0.6) is 0 Å². The highest BCUT2D eigenvalue weighted by atomic mass is 32.1. The van der Waals surface area contributed by atoms with Crippen LogP contribution in [0.15, 0.2) is 59.7 Å². The van der Waals surface area contributed by atoms with Crippen molar-refractivity contribution in [3.8, 4) is 10.6 Å². The van der Waals surface area contributed by atoms with E-state index in [1.807, 2.05) is 30.3 Å². The Morgan fingerprint density at radius 2 is 1.96 bits per heavy atom. The second-order valence-corrected chi connectivity index (χ2v) is 6.32. The molecule has 4 rings (SSSR count). The van der Waals surface area contributed by atoms with Crippen LogP contribution in [-0.4, -0.2) is 19.6 Å². The standard InChI is InChI=1S/C18H13N5OS/c19-14-6-4-13(5-7-14)17-22-23-16(24)10-15(21-18(23)25-17)8-3-12-2-1-9-20-11-12/h1-11H,19H2. The van der Waals surface area contributed by atoms with Crippen molar-refractivity contribution in [2.45, 2.75) is 0 Å². The van der Waals surface area contributed by atoms with Gasteiger partial charge in [-0.25, -0.2) is 4.98 Å². The molecule has 6 nitrogen and oxygen atoms in total. The molecule has 0 aliphatic carbocycles. The van der Waals surface area contributed by atoms with Crippen LogP contribution in [-0.2, 0) is 0 Å². The van der Waals surface area contributed by atoms with Crippen molar-refractivity contribution in [1.82, 2.24) is 19.6 Å². The number of rotatable bonds is 3. The van der Waals surface area contributed by atoms with Crippen molar-refractivity contribution >= 4 is 34.1 Å². The zero-order valence-electron chi connectivity index (χ0n) is 13.0. The number of hydrogen-bond donors (Lipinski definition) is 1. The summed E-state index contributed by atoms with van der Waals surface area (Å²) in [5.74, 6) is 0. The normalized spacial score (nSPS) is 11.4. The topological polar surface area (TPSA) is 86.2 Å². The summed E-state index contributed by atoms with van der Waals surface area (Å²) in [7, 11) is 0. The number of fused-ring (bicyclic) bond motifs is 1. The van der Waals surface area contributed by atoms with Crippen molar-refractivity contribution in [2.24, 2.45) is 0 Å². The van der Waals surface area contributed by atoms with Crippen LogP contribution < -0.4 is 11.3 Å². The minimum atomic E-state index is -0.214. The van der Waals surface area contributed by atoms with Crippen LogP contribution in [0.3, 0.4) is 0 Å². The fourth-order valence-electron chi connectivity index (χ4n) is 2.31. The first-order valence-corrected chi connectivity index (χ1v) is 8.36. The van der Waals surface area contributed by atoms with Crippen LogP contribution in [0, 0.1) is 0 Å². The monoisotopic (exact) mass is 347 g/mol. The molecule has 122 valence electrons. The average Bonchev–Trinajstić information content (AvgIpc) is 3.06. The highest BCUT2D eigenvalue weighted by Gasteiger charge is 2.09. The van der Waals surface area contributed by atoms with Crippen LogP contribution in [0.1, 0.15) is 11.3 Å². The average molecular weight is 347 g/mol. The van der Waals surface area contributed by atoms with Gasteiger partial charge in [-0.1, -0.05) is 23.5 Å². The maximum Gasteiger partial charge on any atom is 0.275 e. The van der Waals surface area contributed by atoms with Crippen molar-refractivity contribution in [1.29, 1.82) is 0 Å². The molecule has 4 aromatic rings. The van der Waals surface area contributed by atoms with E-state index in [0.29, 0.717) is 16.3 Å². The smallest absolute Gasteiger partial charge is 0.275 e. The molecule has 0 atom stereocenters. The third kappa shape index (κ3) is 3.17. The number of nitrogens with two attached hydrogens (primary N) is 1. The molecular weight excluding hydrogens is 334 g/mol. The quantitative estimate of drug-likeness (QED) is 0.576. The number of nitrogens with zero attached hydrogens (tertiary/aromatic N) is 4. The minimum absolute atomic E-state index is 0.214. The van der Waals surface area contributed by atoms with Gasteiger partial charge in [-0.3, -0.25) is 9.78 Å². The molecule has 25 heavy (non-hydrogen) atoms. The van der Waals surface area contributed by atoms with E-state index in [1.54, 1.807) is 30.6 Å². The minimum Gasteiger partial charge on any atom is -0.399 e. The summed E-state index contributed by atoms with van der Waals surface area (Å²) in [6.07, 6.45) is 7.12. The van der Waals surface area contributed by atoms with Gasteiger partial charge in [-0.2, -0.15) is 9.61 Å². The molecule has 0 saturated carbocycles. The van der Waals surface area contributed by atoms with E-state index in [2.05, 4.69) is 15.1 Å². The van der Waals surface area contributed by atoms with Gasteiger partial charge in [0.25, 0.3) is 5.56 Å². The zero-order chi connectivity index (χ0) is 17.2. The molecule has 0 aliphatic rings. The number of nitrogen functional groups attached to an aromatic ring is 1. The first kappa shape index (κ1) is 15.2. The zero-order valence-corrected chi connectivity index (χ0v) is 13.9. The van der Waals surface area contributed by atoms with Crippen LogP contribution >= 0.6 is 11.3 Å². The third-order valence-corrected chi connectivity index (χ3v) is 4.51. The van der Waals surface area contributed by atoms with Gasteiger partial charge in [-0.15, -0.1) is 0 Å². The summed E-state index contributed by atoms with van der Waals surface area (Å²) >= 11 is 1.36. The fourth-order valence-corrected chi connectivity index (χ4v) is 3.23. The van der Waals surface area contributed by atoms with Crippen molar-refractivity contribution < 1.29 is 0 Å². The predicted molar refractivity (Wildman–Crippen MR) is 100 cm³/mol. The summed E-state index contributed by atoms with van der Waals surface area (Å²) < 4.78 is 1.32. The molecule has 3 heterocycles. The Bertz CT molecular complexity index is 1110. The first-order valence-electron chi connectivity index (χ1n) is 7.54. The number of hydrogen-bond acceptors (Lipinski definition) is 6. The van der Waals surface area contributed by atoms with Gasteiger partial charge >= 0.3 is 0 Å². The summed E-state index contributed by atoms with van der Waals surface area (Å²) in [5.41, 5.74) is 8.60. The summed E-state index contributed by atoms with van der Waals surface area (Å²) in [6, 6.07) is 12.6. The van der Waals surface area contributed by atoms with Gasteiger partial charge in [-0.05, 0) is 42.0 Å². The van der Waals surface area contributed by atoms with Gasteiger partial charge in [0.2, 0.25) is 4.96 Å².